The van der Waals surface area contributed by atoms with Crippen LogP contribution in [0, 0.1) is 5.92 Å². The molecule has 0 aliphatic heterocycles. The van der Waals surface area contributed by atoms with E-state index in [1.807, 2.05) is 0 Å². The van der Waals surface area contributed by atoms with Crippen LogP contribution in [0.1, 0.15) is 27.7 Å². The first-order valence-corrected chi connectivity index (χ1v) is 6.96. The molecule has 0 saturated heterocycles. The molecular weight excluding hydrogens is 256 g/mol. The van der Waals surface area contributed by atoms with Crippen LogP contribution in [-0.2, 0) is 13.6 Å². The van der Waals surface area contributed by atoms with Gasteiger partial charge in [0, 0.05) is 11.4 Å². The van der Waals surface area contributed by atoms with E-state index in [1.165, 1.54) is 13.8 Å². The zero-order valence-electron chi connectivity index (χ0n) is 10.4. The Kier molecular flexibility index (Phi) is 6.45. The highest BCUT2D eigenvalue weighted by Gasteiger charge is 2.38. The summed E-state index contributed by atoms with van der Waals surface area (Å²) in [7, 11) is -3.81. The summed E-state index contributed by atoms with van der Waals surface area (Å²) in [5, 5.41) is 0. The van der Waals surface area contributed by atoms with E-state index in [-0.39, 0.29) is 13.2 Å². The predicted molar refractivity (Wildman–Crippen MR) is 59.8 cm³/mol. The number of hydrogen-bond donors (Lipinski definition) is 0. The highest BCUT2D eigenvalue weighted by atomic mass is 31.2. The molecule has 0 aromatic heterocycles. The third-order valence-corrected chi connectivity index (χ3v) is 3.70. The number of hydrogen-bond acceptors (Lipinski definition) is 3. The zero-order chi connectivity index (χ0) is 13.7. The summed E-state index contributed by atoms with van der Waals surface area (Å²) in [5.74, 6) is -0.214. The zero-order valence-corrected chi connectivity index (χ0v) is 11.3. The predicted octanol–water partition coefficient (Wildman–Crippen LogP) is 4.35. The highest BCUT2D eigenvalue weighted by molar-refractivity contribution is 7.57. The van der Waals surface area contributed by atoms with E-state index in [4.69, 9.17) is 9.05 Å². The Morgan fingerprint density at radius 3 is 1.88 bits per heavy atom. The smallest absolute Gasteiger partial charge is 0.306 e. The molecule has 0 heterocycles. The first-order valence-electron chi connectivity index (χ1n) is 5.35. The van der Waals surface area contributed by atoms with Crippen molar-refractivity contribution in [2.75, 3.05) is 13.2 Å². The molecule has 0 atom stereocenters. The van der Waals surface area contributed by atoms with Gasteiger partial charge >= 0.3 is 13.8 Å². The van der Waals surface area contributed by atoms with Crippen molar-refractivity contribution in [2.24, 2.45) is 5.92 Å². The van der Waals surface area contributed by atoms with Gasteiger partial charge in [-0.05, 0) is 19.8 Å². The van der Waals surface area contributed by atoms with Crippen LogP contribution in [0.15, 0.2) is 11.4 Å². The SMILES string of the molecule is CCOP(=O)(/C=C(/C(C)C)C(F)(F)F)OCC. The van der Waals surface area contributed by atoms with Crippen LogP contribution in [0.4, 0.5) is 13.2 Å². The molecule has 3 nitrogen and oxygen atoms in total. The fraction of sp³-hybridized carbons (Fsp3) is 0.800. The molecule has 0 aromatic carbocycles. The monoisotopic (exact) mass is 274 g/mol. The average Bonchev–Trinajstić information content (AvgIpc) is 2.13. The Balaban J connectivity index is 5.32. The molecule has 0 unspecified atom stereocenters. The van der Waals surface area contributed by atoms with E-state index in [1.54, 1.807) is 13.8 Å². The molecule has 0 bridgehead atoms. The lowest BCUT2D eigenvalue weighted by Crippen LogP contribution is -2.17. The third-order valence-electron chi connectivity index (χ3n) is 1.86. The first kappa shape index (κ1) is 16.7. The van der Waals surface area contributed by atoms with E-state index in [0.29, 0.717) is 5.82 Å². The largest absolute Gasteiger partial charge is 0.413 e. The minimum Gasteiger partial charge on any atom is -0.306 e. The Morgan fingerprint density at radius 1 is 1.24 bits per heavy atom. The number of rotatable bonds is 6. The van der Waals surface area contributed by atoms with E-state index >= 15 is 0 Å². The van der Waals surface area contributed by atoms with Crippen LogP contribution in [0.25, 0.3) is 0 Å². The normalized spacial score (nSPS) is 14.5. The van der Waals surface area contributed by atoms with Gasteiger partial charge in [0.1, 0.15) is 0 Å². The lowest BCUT2D eigenvalue weighted by Gasteiger charge is -2.19. The summed E-state index contributed by atoms with van der Waals surface area (Å²) >= 11 is 0. The molecule has 102 valence electrons. The second-order valence-electron chi connectivity index (χ2n) is 3.61. The van der Waals surface area contributed by atoms with E-state index in [9.17, 15) is 17.7 Å². The standard InChI is InChI=1S/C10H18F3O3P/c1-5-15-17(14,16-6-2)7-9(8(3)4)10(11,12)13/h7-8H,5-6H2,1-4H3/b9-7-. The summed E-state index contributed by atoms with van der Waals surface area (Å²) in [4.78, 5) is 0. The first-order chi connectivity index (χ1) is 7.66. The third kappa shape index (κ3) is 5.70. The van der Waals surface area contributed by atoms with Crippen molar-refractivity contribution in [1.82, 2.24) is 0 Å². The quantitative estimate of drug-likeness (QED) is 0.675. The van der Waals surface area contributed by atoms with Crippen molar-refractivity contribution in [3.8, 4) is 0 Å². The number of halogens is 3. The van der Waals surface area contributed by atoms with Crippen LogP contribution < -0.4 is 0 Å². The fourth-order valence-corrected chi connectivity index (χ4v) is 2.92. The summed E-state index contributed by atoms with van der Waals surface area (Å²) in [6.45, 7) is 5.89. The molecule has 0 radical (unpaired) electrons. The fourth-order valence-electron chi connectivity index (χ4n) is 1.19. The van der Waals surface area contributed by atoms with Crippen molar-refractivity contribution in [3.63, 3.8) is 0 Å². The Labute approximate surface area is 99.5 Å². The summed E-state index contributed by atoms with van der Waals surface area (Å²) < 4.78 is 59.6. The molecular formula is C10H18F3O3P. The molecule has 7 heteroatoms. The van der Waals surface area contributed by atoms with Gasteiger partial charge in [-0.2, -0.15) is 13.2 Å². The van der Waals surface area contributed by atoms with Crippen LogP contribution in [0.2, 0.25) is 0 Å². The second kappa shape index (κ2) is 6.57. The van der Waals surface area contributed by atoms with E-state index in [2.05, 4.69) is 0 Å². The summed E-state index contributed by atoms with van der Waals surface area (Å²) in [6, 6.07) is 0. The Bertz CT molecular complexity index is 300. The van der Waals surface area contributed by atoms with Gasteiger partial charge in [0.15, 0.2) is 0 Å². The van der Waals surface area contributed by atoms with Crippen LogP contribution in [0.3, 0.4) is 0 Å². The van der Waals surface area contributed by atoms with Crippen LogP contribution in [-0.4, -0.2) is 19.4 Å². The number of alkyl halides is 3. The topological polar surface area (TPSA) is 35.5 Å². The van der Waals surface area contributed by atoms with Gasteiger partial charge in [0.25, 0.3) is 0 Å². The molecule has 17 heavy (non-hydrogen) atoms. The van der Waals surface area contributed by atoms with Gasteiger partial charge < -0.3 is 9.05 Å². The van der Waals surface area contributed by atoms with Gasteiger partial charge in [-0.25, -0.2) is 0 Å². The summed E-state index contributed by atoms with van der Waals surface area (Å²) in [6.07, 6.45) is -4.53. The molecule has 0 amide bonds. The highest BCUT2D eigenvalue weighted by Crippen LogP contribution is 2.53. The van der Waals surface area contributed by atoms with Gasteiger partial charge in [0.2, 0.25) is 0 Å². The maximum atomic E-state index is 12.7. The van der Waals surface area contributed by atoms with Crippen LogP contribution >= 0.6 is 7.60 Å². The van der Waals surface area contributed by atoms with Crippen molar-refractivity contribution in [3.05, 3.63) is 11.4 Å². The molecule has 0 N–H and O–H groups in total. The molecule has 0 saturated carbocycles. The Morgan fingerprint density at radius 2 is 1.65 bits per heavy atom. The summed E-state index contributed by atoms with van der Waals surface area (Å²) in [5.41, 5.74) is -0.886. The van der Waals surface area contributed by atoms with Crippen molar-refractivity contribution in [1.29, 1.82) is 0 Å². The Hall–Kier alpha value is -0.320. The molecule has 0 aliphatic rings. The van der Waals surface area contributed by atoms with E-state index in [0.717, 1.165) is 0 Å². The van der Waals surface area contributed by atoms with Gasteiger partial charge in [-0.3, -0.25) is 4.57 Å². The van der Waals surface area contributed by atoms with Gasteiger partial charge in [-0.15, -0.1) is 0 Å². The average molecular weight is 274 g/mol. The minimum atomic E-state index is -4.53. The second-order valence-corrected chi connectivity index (χ2v) is 5.47. The van der Waals surface area contributed by atoms with Crippen molar-refractivity contribution < 1.29 is 26.8 Å². The number of allylic oxidation sites excluding steroid dienone is 1. The molecule has 0 aliphatic carbocycles. The van der Waals surface area contributed by atoms with Gasteiger partial charge in [0.05, 0.1) is 13.2 Å². The van der Waals surface area contributed by atoms with Crippen molar-refractivity contribution >= 4 is 7.60 Å². The molecule has 0 spiro atoms. The maximum Gasteiger partial charge on any atom is 0.413 e. The maximum absolute atomic E-state index is 12.7. The van der Waals surface area contributed by atoms with E-state index < -0.39 is 25.3 Å². The molecule has 0 fully saturated rings. The van der Waals surface area contributed by atoms with Crippen LogP contribution in [0.5, 0.6) is 0 Å². The lowest BCUT2D eigenvalue weighted by molar-refractivity contribution is -0.0976. The molecule has 0 aromatic rings. The minimum absolute atomic E-state index is 0.0248. The lowest BCUT2D eigenvalue weighted by atomic mass is 10.1. The van der Waals surface area contributed by atoms with Gasteiger partial charge in [-0.1, -0.05) is 13.8 Å². The van der Waals surface area contributed by atoms with Crippen molar-refractivity contribution in [2.45, 2.75) is 33.9 Å². The molecule has 0 rings (SSSR count).